The summed E-state index contributed by atoms with van der Waals surface area (Å²) in [5.41, 5.74) is 1.80. The third-order valence-electron chi connectivity index (χ3n) is 3.53. The zero-order chi connectivity index (χ0) is 15.2. The fourth-order valence-electron chi connectivity index (χ4n) is 2.48. The van der Waals surface area contributed by atoms with Crippen molar-refractivity contribution < 1.29 is 13.9 Å². The van der Waals surface area contributed by atoms with E-state index >= 15 is 0 Å². The Bertz CT molecular complexity index is 574. The summed E-state index contributed by atoms with van der Waals surface area (Å²) in [4.78, 5) is 2.03. The Kier molecular flexibility index (Phi) is 5.42. The first-order chi connectivity index (χ1) is 10.1. The molecule has 4 heteroatoms. The number of hydrogen-bond donors (Lipinski definition) is 1. The molecule has 2 aromatic carbocycles. The van der Waals surface area contributed by atoms with Crippen molar-refractivity contribution in [2.45, 2.75) is 19.0 Å². The van der Waals surface area contributed by atoms with Crippen molar-refractivity contribution >= 4 is 0 Å². The maximum Gasteiger partial charge on any atom is 0.159 e. The first-order valence-electron chi connectivity index (χ1n) is 6.92. The van der Waals surface area contributed by atoms with Gasteiger partial charge in [0.15, 0.2) is 11.6 Å². The molecule has 0 fully saturated rings. The van der Waals surface area contributed by atoms with Crippen molar-refractivity contribution in [3.05, 3.63) is 71.3 Å². The molecule has 1 atom stereocenters. The lowest BCUT2D eigenvalue weighted by molar-refractivity contribution is 0.180. The molecular formula is C17H19F2NO. The third-order valence-corrected chi connectivity index (χ3v) is 3.53. The first kappa shape index (κ1) is 15.6. The Morgan fingerprint density at radius 1 is 1.05 bits per heavy atom. The van der Waals surface area contributed by atoms with Crippen LogP contribution in [0.1, 0.15) is 23.6 Å². The smallest absolute Gasteiger partial charge is 0.159 e. The number of rotatable bonds is 6. The van der Waals surface area contributed by atoms with Crippen molar-refractivity contribution in [3.63, 3.8) is 0 Å². The van der Waals surface area contributed by atoms with E-state index in [2.05, 4.69) is 0 Å². The van der Waals surface area contributed by atoms with Crippen LogP contribution < -0.4 is 0 Å². The fraction of sp³-hybridized carbons (Fsp3) is 0.294. The minimum Gasteiger partial charge on any atom is -0.396 e. The van der Waals surface area contributed by atoms with Gasteiger partial charge in [-0.25, -0.2) is 8.78 Å². The molecule has 0 radical (unpaired) electrons. The van der Waals surface area contributed by atoms with E-state index in [1.807, 2.05) is 42.3 Å². The second-order valence-electron chi connectivity index (χ2n) is 5.10. The highest BCUT2D eigenvalue weighted by atomic mass is 19.2. The topological polar surface area (TPSA) is 23.5 Å². The highest BCUT2D eigenvalue weighted by Gasteiger charge is 2.17. The van der Waals surface area contributed by atoms with Gasteiger partial charge in [-0.2, -0.15) is 0 Å². The zero-order valence-corrected chi connectivity index (χ0v) is 12.0. The van der Waals surface area contributed by atoms with E-state index in [1.54, 1.807) is 6.07 Å². The summed E-state index contributed by atoms with van der Waals surface area (Å²) < 4.78 is 26.2. The monoisotopic (exact) mass is 291 g/mol. The van der Waals surface area contributed by atoms with Crippen molar-refractivity contribution in [1.29, 1.82) is 0 Å². The average Bonchev–Trinajstić information content (AvgIpc) is 2.49. The van der Waals surface area contributed by atoms with Crippen LogP contribution in [0.5, 0.6) is 0 Å². The molecule has 1 unspecified atom stereocenters. The molecule has 0 aliphatic heterocycles. The van der Waals surface area contributed by atoms with E-state index in [0.717, 1.165) is 11.6 Å². The summed E-state index contributed by atoms with van der Waals surface area (Å²) in [6.45, 7) is 0.554. The highest BCUT2D eigenvalue weighted by Crippen LogP contribution is 2.24. The van der Waals surface area contributed by atoms with Crippen LogP contribution in [0, 0.1) is 11.6 Å². The predicted octanol–water partition coefficient (Wildman–Crippen LogP) is 3.52. The van der Waals surface area contributed by atoms with Crippen molar-refractivity contribution in [2.24, 2.45) is 0 Å². The second-order valence-corrected chi connectivity index (χ2v) is 5.10. The van der Waals surface area contributed by atoms with Crippen LogP contribution in [0.25, 0.3) is 0 Å². The zero-order valence-electron chi connectivity index (χ0n) is 12.0. The molecule has 21 heavy (non-hydrogen) atoms. The van der Waals surface area contributed by atoms with Crippen LogP contribution in [0.15, 0.2) is 48.5 Å². The molecule has 0 amide bonds. The van der Waals surface area contributed by atoms with Gasteiger partial charge in [-0.3, -0.25) is 4.90 Å². The molecule has 0 saturated carbocycles. The van der Waals surface area contributed by atoms with Crippen LogP contribution in [-0.2, 0) is 6.54 Å². The van der Waals surface area contributed by atoms with Gasteiger partial charge < -0.3 is 5.11 Å². The number of aliphatic hydroxyl groups excluding tert-OH is 1. The average molecular weight is 291 g/mol. The molecular weight excluding hydrogens is 272 g/mol. The summed E-state index contributed by atoms with van der Waals surface area (Å²) in [5, 5.41) is 9.26. The quantitative estimate of drug-likeness (QED) is 0.880. The molecule has 0 aliphatic rings. The Labute approximate surface area is 123 Å². The van der Waals surface area contributed by atoms with E-state index in [9.17, 15) is 13.9 Å². The van der Waals surface area contributed by atoms with E-state index in [1.165, 1.54) is 6.07 Å². The molecule has 0 heterocycles. The van der Waals surface area contributed by atoms with E-state index in [4.69, 9.17) is 0 Å². The lowest BCUT2D eigenvalue weighted by atomic mass is 10.0. The lowest BCUT2D eigenvalue weighted by Crippen LogP contribution is -2.25. The van der Waals surface area contributed by atoms with Gasteiger partial charge >= 0.3 is 0 Å². The molecule has 0 aliphatic carbocycles. The SMILES string of the molecule is CN(Cc1ccc(F)c(F)c1)C(CCO)c1ccccc1. The van der Waals surface area contributed by atoms with Crippen LogP contribution in [0.4, 0.5) is 8.78 Å². The lowest BCUT2D eigenvalue weighted by Gasteiger charge is -2.28. The van der Waals surface area contributed by atoms with Crippen molar-refractivity contribution in [2.75, 3.05) is 13.7 Å². The molecule has 2 aromatic rings. The Hall–Kier alpha value is -1.78. The van der Waals surface area contributed by atoms with Crippen LogP contribution in [0.2, 0.25) is 0 Å². The minimum absolute atomic E-state index is 0.0318. The molecule has 2 rings (SSSR count). The van der Waals surface area contributed by atoms with E-state index < -0.39 is 11.6 Å². The molecule has 112 valence electrons. The van der Waals surface area contributed by atoms with Crippen LogP contribution >= 0.6 is 0 Å². The Balaban J connectivity index is 2.15. The summed E-state index contributed by atoms with van der Waals surface area (Å²) in [6.07, 6.45) is 0.587. The van der Waals surface area contributed by atoms with Gasteiger partial charge in [0.05, 0.1) is 0 Å². The predicted molar refractivity (Wildman–Crippen MR) is 78.7 cm³/mol. The molecule has 0 saturated heterocycles. The maximum absolute atomic E-state index is 13.3. The molecule has 0 bridgehead atoms. The maximum atomic E-state index is 13.3. The molecule has 0 aromatic heterocycles. The third kappa shape index (κ3) is 4.09. The van der Waals surface area contributed by atoms with Crippen molar-refractivity contribution in [1.82, 2.24) is 4.90 Å². The number of aliphatic hydroxyl groups is 1. The van der Waals surface area contributed by atoms with E-state index in [-0.39, 0.29) is 12.6 Å². The largest absolute Gasteiger partial charge is 0.396 e. The minimum atomic E-state index is -0.837. The van der Waals surface area contributed by atoms with Gasteiger partial charge in [0.2, 0.25) is 0 Å². The number of nitrogens with zero attached hydrogens (tertiary/aromatic N) is 1. The summed E-state index contributed by atoms with van der Waals surface area (Å²) in [5.74, 6) is -1.67. The normalized spacial score (nSPS) is 12.6. The number of hydrogen-bond acceptors (Lipinski definition) is 2. The standard InChI is InChI=1S/C17H19F2NO/c1-20(12-13-7-8-15(18)16(19)11-13)17(9-10-21)14-5-3-2-4-6-14/h2-8,11,17,21H,9-10,12H2,1H3. The van der Waals surface area contributed by atoms with Crippen LogP contribution in [0.3, 0.4) is 0 Å². The number of benzene rings is 2. The van der Waals surface area contributed by atoms with Gasteiger partial charge in [-0.05, 0) is 36.7 Å². The fourth-order valence-corrected chi connectivity index (χ4v) is 2.48. The van der Waals surface area contributed by atoms with Crippen molar-refractivity contribution in [3.8, 4) is 0 Å². The summed E-state index contributed by atoms with van der Waals surface area (Å²) in [6, 6.07) is 13.8. The van der Waals surface area contributed by atoms with Gasteiger partial charge in [0.25, 0.3) is 0 Å². The van der Waals surface area contributed by atoms with Gasteiger partial charge in [-0.15, -0.1) is 0 Å². The first-order valence-corrected chi connectivity index (χ1v) is 6.92. The summed E-state index contributed by atoms with van der Waals surface area (Å²) >= 11 is 0. The van der Waals surface area contributed by atoms with E-state index in [0.29, 0.717) is 18.5 Å². The molecule has 1 N–H and O–H groups in total. The molecule has 0 spiro atoms. The Morgan fingerprint density at radius 3 is 2.38 bits per heavy atom. The van der Waals surface area contributed by atoms with Gasteiger partial charge in [0, 0.05) is 19.2 Å². The number of halogens is 2. The Morgan fingerprint density at radius 2 is 1.76 bits per heavy atom. The molecule has 2 nitrogen and oxygen atoms in total. The van der Waals surface area contributed by atoms with Crippen LogP contribution in [-0.4, -0.2) is 23.7 Å². The van der Waals surface area contributed by atoms with Gasteiger partial charge in [0.1, 0.15) is 0 Å². The second kappa shape index (κ2) is 7.29. The summed E-state index contributed by atoms with van der Waals surface area (Å²) in [7, 11) is 1.91. The van der Waals surface area contributed by atoms with Gasteiger partial charge in [-0.1, -0.05) is 36.4 Å². The highest BCUT2D eigenvalue weighted by molar-refractivity contribution is 5.21.